The molecule has 0 spiro atoms. The average Bonchev–Trinajstić information content (AvgIpc) is 3.25. The maximum Gasteiger partial charge on any atom is 0.737 e. The van der Waals surface area contributed by atoms with Gasteiger partial charge in [-0.1, -0.05) is 12.1 Å². The van der Waals surface area contributed by atoms with E-state index in [4.69, 9.17) is 4.42 Å². The van der Waals surface area contributed by atoms with E-state index in [1.54, 1.807) is 20.1 Å². The summed E-state index contributed by atoms with van der Waals surface area (Å²) in [5.41, 5.74) is 6.50. The van der Waals surface area contributed by atoms with Gasteiger partial charge in [-0.05, 0) is 55.8 Å². The van der Waals surface area contributed by atoms with E-state index in [9.17, 15) is 0 Å². The number of rotatable bonds is 1. The van der Waals surface area contributed by atoms with E-state index in [2.05, 4.69) is 0 Å². The molecule has 27 heavy (non-hydrogen) atoms. The SMILES string of the molecule is CC1=CC(C)=[N+]2C1=C(c1ccc3ccoc3c1)c1c(C)cc(C)n1[B-]2(F)F. The van der Waals surface area contributed by atoms with E-state index in [0.29, 0.717) is 22.8 Å². The van der Waals surface area contributed by atoms with Gasteiger partial charge in [0.1, 0.15) is 11.3 Å². The lowest BCUT2D eigenvalue weighted by Crippen LogP contribution is -2.51. The number of nitrogens with zero attached hydrogens (tertiary/aromatic N) is 2. The first kappa shape index (κ1) is 16.3. The van der Waals surface area contributed by atoms with Gasteiger partial charge in [-0.15, -0.1) is 0 Å². The highest BCUT2D eigenvalue weighted by atomic mass is 19.2. The van der Waals surface area contributed by atoms with Crippen LogP contribution in [-0.4, -0.2) is 21.6 Å². The number of halogens is 2. The van der Waals surface area contributed by atoms with E-state index < -0.39 is 6.97 Å². The van der Waals surface area contributed by atoms with Crippen LogP contribution >= 0.6 is 0 Å². The Bertz CT molecular complexity index is 1240. The van der Waals surface area contributed by atoms with Crippen molar-refractivity contribution in [3.63, 3.8) is 0 Å². The number of hydrogen-bond donors (Lipinski definition) is 0. The highest BCUT2D eigenvalue weighted by molar-refractivity contribution is 6.58. The molecule has 0 N–H and O–H groups in total. The number of furan rings is 1. The fourth-order valence-corrected chi connectivity index (χ4v) is 4.68. The Labute approximate surface area is 156 Å². The van der Waals surface area contributed by atoms with Crippen molar-refractivity contribution in [1.82, 2.24) is 4.48 Å². The third-order valence-corrected chi connectivity index (χ3v) is 5.68. The molecule has 5 rings (SSSR count). The largest absolute Gasteiger partial charge is 0.737 e. The zero-order valence-electron chi connectivity index (χ0n) is 15.7. The van der Waals surface area contributed by atoms with Crippen LogP contribution in [0.5, 0.6) is 0 Å². The summed E-state index contributed by atoms with van der Waals surface area (Å²) in [6.45, 7) is 3.35. The first-order chi connectivity index (χ1) is 12.8. The number of allylic oxidation sites excluding steroid dienone is 2. The van der Waals surface area contributed by atoms with Crippen molar-refractivity contribution in [1.29, 1.82) is 0 Å². The molecule has 2 aliphatic heterocycles. The van der Waals surface area contributed by atoms with E-state index in [1.807, 2.05) is 50.3 Å². The molecule has 0 saturated carbocycles. The van der Waals surface area contributed by atoms with Gasteiger partial charge in [-0.2, -0.15) is 0 Å². The topological polar surface area (TPSA) is 21.1 Å². The first-order valence-electron chi connectivity index (χ1n) is 9.05. The summed E-state index contributed by atoms with van der Waals surface area (Å²) in [7, 11) is 0. The van der Waals surface area contributed by atoms with Gasteiger partial charge in [0.25, 0.3) is 0 Å². The Morgan fingerprint density at radius 2 is 1.81 bits per heavy atom. The highest BCUT2D eigenvalue weighted by Gasteiger charge is 2.55. The Morgan fingerprint density at radius 1 is 1.04 bits per heavy atom. The molecule has 3 aromatic rings. The van der Waals surface area contributed by atoms with Gasteiger partial charge in [0.15, 0.2) is 5.70 Å². The maximum atomic E-state index is 15.6. The van der Waals surface area contributed by atoms with Gasteiger partial charge in [0, 0.05) is 29.7 Å². The lowest BCUT2D eigenvalue weighted by atomic mass is 9.83. The fourth-order valence-electron chi connectivity index (χ4n) is 4.68. The monoisotopic (exact) mass is 364 g/mol. The van der Waals surface area contributed by atoms with Crippen LogP contribution in [0, 0.1) is 13.8 Å². The molecule has 1 aromatic carbocycles. The third kappa shape index (κ3) is 1.98. The quantitative estimate of drug-likeness (QED) is 0.538. The second-order valence-electron chi connectivity index (χ2n) is 7.51. The van der Waals surface area contributed by atoms with Crippen LogP contribution in [0.1, 0.15) is 36.4 Å². The van der Waals surface area contributed by atoms with Gasteiger partial charge >= 0.3 is 6.97 Å². The lowest BCUT2D eigenvalue weighted by molar-refractivity contribution is -0.363. The smallest absolute Gasteiger partial charge is 0.464 e. The fraction of sp³-hybridized carbons (Fsp3) is 0.190. The zero-order valence-corrected chi connectivity index (χ0v) is 15.7. The number of hydrogen-bond acceptors (Lipinski definition) is 1. The van der Waals surface area contributed by atoms with Gasteiger partial charge in [-0.3, -0.25) is 0 Å². The van der Waals surface area contributed by atoms with Crippen LogP contribution in [0.15, 0.2) is 58.4 Å². The minimum atomic E-state index is -3.94. The number of benzene rings is 1. The molecule has 2 aromatic heterocycles. The van der Waals surface area contributed by atoms with Crippen molar-refractivity contribution in [2.45, 2.75) is 27.7 Å². The molecule has 2 aliphatic rings. The van der Waals surface area contributed by atoms with Crippen LogP contribution in [0.2, 0.25) is 0 Å². The Hall–Kier alpha value is -2.89. The van der Waals surface area contributed by atoms with Crippen molar-refractivity contribution >= 4 is 29.2 Å². The third-order valence-electron chi connectivity index (χ3n) is 5.68. The number of aryl methyl sites for hydroxylation is 2. The van der Waals surface area contributed by atoms with Gasteiger partial charge in [0.2, 0.25) is 0 Å². The predicted octanol–water partition coefficient (Wildman–Crippen LogP) is 5.28. The normalized spacial score (nSPS) is 18.2. The molecule has 0 radical (unpaired) electrons. The molecule has 0 amide bonds. The molecule has 0 aliphatic carbocycles. The minimum absolute atomic E-state index is 0.570. The maximum absolute atomic E-state index is 15.6. The van der Waals surface area contributed by atoms with Crippen molar-refractivity contribution in [3.8, 4) is 0 Å². The van der Waals surface area contributed by atoms with E-state index in [1.165, 1.54) is 8.96 Å². The summed E-state index contributed by atoms with van der Waals surface area (Å²) in [6, 6.07) is 9.65. The van der Waals surface area contributed by atoms with Crippen molar-refractivity contribution in [3.05, 3.63) is 76.5 Å². The molecular weight excluding hydrogens is 345 g/mol. The predicted molar refractivity (Wildman–Crippen MR) is 104 cm³/mol. The van der Waals surface area contributed by atoms with Crippen molar-refractivity contribution in [2.24, 2.45) is 0 Å². The number of aromatic nitrogens is 1. The Kier molecular flexibility index (Phi) is 3.07. The standard InChI is InChI=1S/C21H19BF2N2O/c1-12-9-14(3)25-20(12)19(17-6-5-16-7-8-27-18(16)11-17)21-13(2)10-15(4)26(21)22(25,23)24/h5-11H,1-4H3. The molecule has 0 atom stereocenters. The molecule has 0 fully saturated rings. The van der Waals surface area contributed by atoms with Crippen LogP contribution < -0.4 is 0 Å². The summed E-state index contributed by atoms with van der Waals surface area (Å²) in [5, 5.41) is 0.997. The second kappa shape index (κ2) is 5.09. The molecule has 0 saturated heterocycles. The minimum Gasteiger partial charge on any atom is -0.464 e. The summed E-state index contributed by atoms with van der Waals surface area (Å²) in [6.07, 6.45) is 3.49. The van der Waals surface area contributed by atoms with Crippen LogP contribution in [0.3, 0.4) is 0 Å². The van der Waals surface area contributed by atoms with Crippen LogP contribution in [0.25, 0.3) is 16.5 Å². The molecule has 6 heteroatoms. The van der Waals surface area contributed by atoms with Gasteiger partial charge < -0.3 is 22.0 Å². The van der Waals surface area contributed by atoms with Crippen LogP contribution in [0.4, 0.5) is 8.63 Å². The molecule has 0 bridgehead atoms. The molecular formula is C21H19BF2N2O. The van der Waals surface area contributed by atoms with Gasteiger partial charge in [-0.25, -0.2) is 0 Å². The molecule has 4 heterocycles. The van der Waals surface area contributed by atoms with Crippen molar-refractivity contribution in [2.75, 3.05) is 0 Å². The Balaban J connectivity index is 1.94. The van der Waals surface area contributed by atoms with E-state index in [0.717, 1.165) is 33.2 Å². The highest BCUT2D eigenvalue weighted by Crippen LogP contribution is 2.44. The van der Waals surface area contributed by atoms with Crippen molar-refractivity contribution < 1.29 is 17.5 Å². The molecule has 136 valence electrons. The van der Waals surface area contributed by atoms with E-state index in [-0.39, 0.29) is 0 Å². The van der Waals surface area contributed by atoms with Crippen LogP contribution in [-0.2, 0) is 0 Å². The molecule has 0 unspecified atom stereocenters. The van der Waals surface area contributed by atoms with E-state index >= 15 is 8.63 Å². The lowest BCUT2D eigenvalue weighted by Gasteiger charge is -2.34. The summed E-state index contributed by atoms with van der Waals surface area (Å²) < 4.78 is 39.2. The first-order valence-corrected chi connectivity index (χ1v) is 9.05. The summed E-state index contributed by atoms with van der Waals surface area (Å²) in [4.78, 5) is 0. The Morgan fingerprint density at radius 3 is 2.59 bits per heavy atom. The molecule has 3 nitrogen and oxygen atoms in total. The average molecular weight is 364 g/mol. The summed E-state index contributed by atoms with van der Waals surface area (Å²) in [5.74, 6) is 0. The second-order valence-corrected chi connectivity index (χ2v) is 7.51. The van der Waals surface area contributed by atoms with Gasteiger partial charge in [0.05, 0.1) is 11.8 Å². The zero-order chi connectivity index (χ0) is 19.1. The summed E-state index contributed by atoms with van der Waals surface area (Å²) >= 11 is 0. The number of fused-ring (bicyclic) bond motifs is 3.